The Bertz CT molecular complexity index is 1090. The molecule has 0 saturated heterocycles. The number of furan rings is 1. The first-order valence-corrected chi connectivity index (χ1v) is 8.95. The highest BCUT2D eigenvalue weighted by Crippen LogP contribution is 2.30. The molecule has 9 nitrogen and oxygen atoms in total. The first-order chi connectivity index (χ1) is 13.9. The predicted octanol–water partition coefficient (Wildman–Crippen LogP) is 2.52. The fourth-order valence-corrected chi connectivity index (χ4v) is 2.74. The Hall–Kier alpha value is -3.59. The van der Waals surface area contributed by atoms with Crippen molar-refractivity contribution in [2.45, 2.75) is 13.8 Å². The summed E-state index contributed by atoms with van der Waals surface area (Å²) in [4.78, 5) is 7.65. The van der Waals surface area contributed by atoms with E-state index in [1.807, 2.05) is 50.2 Å². The Morgan fingerprint density at radius 1 is 0.767 bits per heavy atom. The van der Waals surface area contributed by atoms with Gasteiger partial charge in [-0.25, -0.2) is 10.9 Å². The van der Waals surface area contributed by atoms with Gasteiger partial charge in [-0.15, -0.1) is 12.4 Å². The van der Waals surface area contributed by atoms with E-state index < -0.39 is 0 Å². The summed E-state index contributed by atoms with van der Waals surface area (Å²) in [5.41, 5.74) is 21.7. The minimum Gasteiger partial charge on any atom is -0.456 e. The number of hydrogen-bond acceptors (Lipinski definition) is 5. The lowest BCUT2D eigenvalue weighted by molar-refractivity contribution is 0.669. The minimum atomic E-state index is 0. The van der Waals surface area contributed by atoms with Crippen LogP contribution in [0.2, 0.25) is 0 Å². The number of rotatable bonds is 4. The van der Waals surface area contributed by atoms with Crippen LogP contribution in [0, 0.1) is 0 Å². The number of nitrogens with zero attached hydrogens (tertiary/aromatic N) is 4. The summed E-state index contributed by atoms with van der Waals surface area (Å²) in [6.45, 7) is 3.79. The second kappa shape index (κ2) is 9.75. The van der Waals surface area contributed by atoms with Crippen LogP contribution < -0.4 is 22.3 Å². The van der Waals surface area contributed by atoms with Crippen molar-refractivity contribution in [3.05, 3.63) is 47.5 Å². The minimum absolute atomic E-state index is 0. The van der Waals surface area contributed by atoms with Gasteiger partial charge >= 0.3 is 0 Å². The Balaban J connectivity index is 0.00000320. The highest BCUT2D eigenvalue weighted by atomic mass is 35.5. The van der Waals surface area contributed by atoms with Gasteiger partial charge in [-0.2, -0.15) is 10.2 Å². The normalized spacial score (nSPS) is 13.5. The summed E-state index contributed by atoms with van der Waals surface area (Å²) < 4.78 is 5.96. The molecular formula is C20H25ClN8O. The number of aliphatic imine (C=N–C) groups is 2. The van der Waals surface area contributed by atoms with Crippen LogP contribution in [-0.2, 0) is 0 Å². The molecule has 0 bridgehead atoms. The highest BCUT2D eigenvalue weighted by Gasteiger charge is 2.11. The number of halogens is 1. The number of hydrazone groups is 2. The lowest BCUT2D eigenvalue weighted by Crippen LogP contribution is -2.27. The molecule has 158 valence electrons. The van der Waals surface area contributed by atoms with Crippen molar-refractivity contribution in [2.24, 2.45) is 31.7 Å². The van der Waals surface area contributed by atoms with Crippen LogP contribution in [0.3, 0.4) is 0 Å². The van der Waals surface area contributed by atoms with Crippen molar-refractivity contribution in [1.82, 2.24) is 10.9 Å². The fourth-order valence-electron chi connectivity index (χ4n) is 2.74. The molecule has 0 spiro atoms. The lowest BCUT2D eigenvalue weighted by Gasteiger charge is -2.04. The van der Waals surface area contributed by atoms with Gasteiger partial charge in [-0.05, 0) is 61.4 Å². The Morgan fingerprint density at radius 3 is 1.53 bits per heavy atom. The summed E-state index contributed by atoms with van der Waals surface area (Å²) in [6, 6.07) is 11.8. The average Bonchev–Trinajstić information content (AvgIpc) is 3.12. The van der Waals surface area contributed by atoms with E-state index in [2.05, 4.69) is 31.0 Å². The Morgan fingerprint density at radius 2 is 1.17 bits per heavy atom. The van der Waals surface area contributed by atoms with E-state index in [-0.39, 0.29) is 24.3 Å². The zero-order valence-corrected chi connectivity index (χ0v) is 18.0. The quantitative estimate of drug-likeness (QED) is 0.287. The molecule has 2 aromatic carbocycles. The van der Waals surface area contributed by atoms with Gasteiger partial charge in [0.15, 0.2) is 0 Å². The van der Waals surface area contributed by atoms with E-state index in [9.17, 15) is 0 Å². The van der Waals surface area contributed by atoms with Crippen molar-refractivity contribution >= 4 is 57.7 Å². The largest absolute Gasteiger partial charge is 0.456 e. The molecule has 0 aliphatic rings. The van der Waals surface area contributed by atoms with Gasteiger partial charge < -0.3 is 15.9 Å². The third-order valence-electron chi connectivity index (χ3n) is 4.46. The summed E-state index contributed by atoms with van der Waals surface area (Å²) in [5, 5.41) is 10.5. The standard InChI is InChI=1S/C20H24N8O.ClH/c1-11(25-27-19(21)23-3)13-5-7-17-15(9-13)16-10-14(6-8-18(16)29-17)12(2)26-28-20(22)24-4;/h5-10H,1-4H3,(H3,21,23,27)(H3,22,24,28);1H/b25-11+,26-12+;. The maximum Gasteiger partial charge on any atom is 0.209 e. The van der Waals surface area contributed by atoms with Crippen molar-refractivity contribution in [1.29, 1.82) is 0 Å². The zero-order chi connectivity index (χ0) is 21.0. The molecule has 3 rings (SSSR count). The molecule has 6 N–H and O–H groups in total. The van der Waals surface area contributed by atoms with Gasteiger partial charge in [0.1, 0.15) is 11.2 Å². The number of hydrogen-bond donors (Lipinski definition) is 4. The molecule has 3 aromatic rings. The van der Waals surface area contributed by atoms with Crippen LogP contribution in [0.25, 0.3) is 21.9 Å². The molecule has 0 aliphatic heterocycles. The van der Waals surface area contributed by atoms with Crippen molar-refractivity contribution in [2.75, 3.05) is 14.1 Å². The van der Waals surface area contributed by atoms with Crippen molar-refractivity contribution < 1.29 is 4.42 Å². The Kier molecular flexibility index (Phi) is 7.38. The molecule has 1 aromatic heterocycles. The van der Waals surface area contributed by atoms with Gasteiger partial charge in [0.2, 0.25) is 11.9 Å². The molecule has 0 aliphatic carbocycles. The van der Waals surface area contributed by atoms with Gasteiger partial charge in [0.05, 0.1) is 11.4 Å². The number of nitrogens with one attached hydrogen (secondary N) is 2. The van der Waals surface area contributed by atoms with Crippen LogP contribution in [0.5, 0.6) is 0 Å². The van der Waals surface area contributed by atoms with E-state index in [1.54, 1.807) is 14.1 Å². The van der Waals surface area contributed by atoms with Crippen molar-refractivity contribution in [3.63, 3.8) is 0 Å². The van der Waals surface area contributed by atoms with Crippen LogP contribution in [0.1, 0.15) is 25.0 Å². The smallest absolute Gasteiger partial charge is 0.209 e. The molecule has 30 heavy (non-hydrogen) atoms. The lowest BCUT2D eigenvalue weighted by atomic mass is 10.0. The van der Waals surface area contributed by atoms with Crippen LogP contribution >= 0.6 is 12.4 Å². The predicted molar refractivity (Wildman–Crippen MR) is 127 cm³/mol. The van der Waals surface area contributed by atoms with Gasteiger partial charge in [-0.3, -0.25) is 9.98 Å². The van der Waals surface area contributed by atoms with Crippen LogP contribution in [0.4, 0.5) is 0 Å². The van der Waals surface area contributed by atoms with E-state index >= 15 is 0 Å². The van der Waals surface area contributed by atoms with Gasteiger partial charge in [0, 0.05) is 24.9 Å². The number of fused-ring (bicyclic) bond motifs is 3. The maximum atomic E-state index is 5.96. The third kappa shape index (κ3) is 4.87. The molecule has 0 unspecified atom stereocenters. The highest BCUT2D eigenvalue weighted by molar-refractivity contribution is 6.11. The molecular weight excluding hydrogens is 404 g/mol. The van der Waals surface area contributed by atoms with Gasteiger partial charge in [0.25, 0.3) is 0 Å². The molecule has 10 heteroatoms. The first-order valence-electron chi connectivity index (χ1n) is 8.95. The van der Waals surface area contributed by atoms with E-state index in [1.165, 1.54) is 0 Å². The number of nitrogens with two attached hydrogens (primary N) is 2. The molecule has 0 saturated carbocycles. The zero-order valence-electron chi connectivity index (χ0n) is 17.2. The van der Waals surface area contributed by atoms with E-state index in [0.717, 1.165) is 44.5 Å². The van der Waals surface area contributed by atoms with E-state index in [0.29, 0.717) is 0 Å². The summed E-state index contributed by atoms with van der Waals surface area (Å²) in [7, 11) is 3.19. The van der Waals surface area contributed by atoms with Gasteiger partial charge in [-0.1, -0.05) is 0 Å². The molecule has 0 radical (unpaired) electrons. The van der Waals surface area contributed by atoms with Crippen LogP contribution in [-0.4, -0.2) is 37.4 Å². The van der Waals surface area contributed by atoms with E-state index in [4.69, 9.17) is 15.9 Å². The molecule has 0 amide bonds. The molecule has 1 heterocycles. The monoisotopic (exact) mass is 428 g/mol. The summed E-state index contributed by atoms with van der Waals surface area (Å²) in [5.74, 6) is 0.502. The average molecular weight is 429 g/mol. The third-order valence-corrected chi connectivity index (χ3v) is 4.46. The summed E-state index contributed by atoms with van der Waals surface area (Å²) >= 11 is 0. The maximum absolute atomic E-state index is 5.96. The summed E-state index contributed by atoms with van der Waals surface area (Å²) in [6.07, 6.45) is 0. The molecule has 0 fully saturated rings. The SMILES string of the molecule is CN=C(N)N/N=C(\C)c1ccc2oc3ccc(/C(C)=N/NC(N)=NC)cc3c2c1.Cl. The van der Waals surface area contributed by atoms with Crippen molar-refractivity contribution in [3.8, 4) is 0 Å². The topological polar surface area (TPSA) is 139 Å². The fraction of sp³-hybridized carbons (Fsp3) is 0.200. The Labute approximate surface area is 180 Å². The first kappa shape index (κ1) is 22.7. The second-order valence-corrected chi connectivity index (χ2v) is 6.36. The number of benzene rings is 2. The second-order valence-electron chi connectivity index (χ2n) is 6.36. The molecule has 0 atom stereocenters. The van der Waals surface area contributed by atoms with Crippen LogP contribution in [0.15, 0.2) is 61.0 Å². The number of guanidine groups is 2.